The number of hydrogen-bond donors (Lipinski definition) is 2. The van der Waals surface area contributed by atoms with E-state index in [0.717, 1.165) is 19.3 Å². The van der Waals surface area contributed by atoms with E-state index in [1.807, 2.05) is 6.92 Å². The Kier molecular flexibility index (Phi) is 8.66. The smallest absolute Gasteiger partial charge is 0.329 e. The second-order valence-electron chi connectivity index (χ2n) is 5.25. The van der Waals surface area contributed by atoms with E-state index in [1.165, 1.54) is 4.90 Å². The van der Waals surface area contributed by atoms with Crippen molar-refractivity contribution in [1.82, 2.24) is 4.90 Å². The van der Waals surface area contributed by atoms with Gasteiger partial charge in [-0.15, -0.1) is 0 Å². The third kappa shape index (κ3) is 5.36. The fourth-order valence-corrected chi connectivity index (χ4v) is 2.59. The first-order chi connectivity index (χ1) is 9.85. The molecule has 3 N–H and O–H groups in total. The number of carbonyl (C=O) groups is 3. The van der Waals surface area contributed by atoms with Crippen LogP contribution in [-0.2, 0) is 14.4 Å². The zero-order chi connectivity index (χ0) is 16.5. The summed E-state index contributed by atoms with van der Waals surface area (Å²) in [5, 5.41) is 9.61. The van der Waals surface area contributed by atoms with E-state index in [4.69, 9.17) is 5.73 Å². The van der Waals surface area contributed by atoms with Crippen molar-refractivity contribution in [3.8, 4) is 0 Å². The lowest BCUT2D eigenvalue weighted by Gasteiger charge is -2.39. The molecule has 0 aliphatic rings. The third-order valence-corrected chi connectivity index (χ3v) is 3.90. The fourth-order valence-electron chi connectivity index (χ4n) is 2.59. The number of aliphatic carboxylic acids is 1. The number of carboxylic acid groups (broad SMARTS) is 1. The van der Waals surface area contributed by atoms with Crippen molar-refractivity contribution in [3.63, 3.8) is 0 Å². The van der Waals surface area contributed by atoms with Crippen molar-refractivity contribution >= 4 is 17.8 Å². The average Bonchev–Trinajstić information content (AvgIpc) is 2.43. The minimum atomic E-state index is -1.34. The lowest BCUT2D eigenvalue weighted by Crippen LogP contribution is -2.57. The average molecular weight is 300 g/mol. The summed E-state index contributed by atoms with van der Waals surface area (Å²) >= 11 is 0. The van der Waals surface area contributed by atoms with Gasteiger partial charge >= 0.3 is 5.97 Å². The van der Waals surface area contributed by atoms with Crippen LogP contribution in [0, 0.1) is 0 Å². The van der Waals surface area contributed by atoms with Gasteiger partial charge in [0, 0.05) is 19.4 Å². The molecule has 0 saturated carbocycles. The summed E-state index contributed by atoms with van der Waals surface area (Å²) < 4.78 is 0. The van der Waals surface area contributed by atoms with E-state index in [1.54, 1.807) is 13.8 Å². The highest BCUT2D eigenvalue weighted by Crippen LogP contribution is 2.27. The molecule has 0 aliphatic heterocycles. The van der Waals surface area contributed by atoms with Gasteiger partial charge in [0.1, 0.15) is 5.54 Å². The summed E-state index contributed by atoms with van der Waals surface area (Å²) in [6, 6.07) is 0. The van der Waals surface area contributed by atoms with E-state index in [9.17, 15) is 19.5 Å². The summed E-state index contributed by atoms with van der Waals surface area (Å²) in [4.78, 5) is 36.5. The fraction of sp³-hybridized carbons (Fsp3) is 0.800. The number of carbonyl (C=O) groups excluding carboxylic acids is 2. The number of carboxylic acids is 1. The number of likely N-dealkylation sites (N-methyl/N-ethyl adjacent to an activating group) is 1. The molecule has 122 valence electrons. The number of nitrogens with zero attached hydrogens (tertiary/aromatic N) is 1. The first-order valence-corrected chi connectivity index (χ1v) is 7.67. The Hall–Kier alpha value is -1.59. The van der Waals surface area contributed by atoms with Gasteiger partial charge < -0.3 is 15.7 Å². The second-order valence-corrected chi connectivity index (χ2v) is 5.25. The van der Waals surface area contributed by atoms with Gasteiger partial charge in [-0.05, 0) is 26.2 Å². The molecule has 0 aromatic heterocycles. The summed E-state index contributed by atoms with van der Waals surface area (Å²) in [6.07, 6.45) is 3.30. The second kappa shape index (κ2) is 9.37. The molecule has 0 bridgehead atoms. The van der Waals surface area contributed by atoms with Crippen LogP contribution in [0.5, 0.6) is 0 Å². The molecule has 0 fully saturated rings. The molecule has 0 rings (SSSR count). The minimum absolute atomic E-state index is 0.0428. The molecule has 2 amide bonds. The summed E-state index contributed by atoms with van der Waals surface area (Å²) in [5.74, 6) is -1.79. The van der Waals surface area contributed by atoms with Crippen molar-refractivity contribution in [1.29, 1.82) is 0 Å². The van der Waals surface area contributed by atoms with Crippen molar-refractivity contribution in [2.45, 2.75) is 71.3 Å². The standard InChI is InChI=1S/C15H28N2O4/c1-4-7-8-9-13(19)17(6-3)15(5-2,14(20)21)11-10-12(16)18/h4-11H2,1-3H3,(H2,16,18)(H,20,21)/t15-/m0/s1. The molecular formula is C15H28N2O4. The van der Waals surface area contributed by atoms with E-state index >= 15 is 0 Å². The Morgan fingerprint density at radius 1 is 1.10 bits per heavy atom. The molecule has 0 aromatic rings. The summed E-state index contributed by atoms with van der Waals surface area (Å²) in [7, 11) is 0. The van der Waals surface area contributed by atoms with Crippen LogP contribution in [-0.4, -0.2) is 39.9 Å². The molecule has 21 heavy (non-hydrogen) atoms. The topological polar surface area (TPSA) is 101 Å². The maximum atomic E-state index is 12.4. The first-order valence-electron chi connectivity index (χ1n) is 7.67. The van der Waals surface area contributed by atoms with Crippen LogP contribution in [0.15, 0.2) is 0 Å². The van der Waals surface area contributed by atoms with Crippen LogP contribution in [0.1, 0.15) is 65.7 Å². The number of primary amides is 1. The van der Waals surface area contributed by atoms with E-state index in [0.29, 0.717) is 13.0 Å². The predicted octanol–water partition coefficient (Wildman–Crippen LogP) is 1.91. The molecule has 0 unspecified atom stereocenters. The Labute approximate surface area is 126 Å². The minimum Gasteiger partial charge on any atom is -0.479 e. The van der Waals surface area contributed by atoms with E-state index < -0.39 is 17.4 Å². The Morgan fingerprint density at radius 3 is 2.10 bits per heavy atom. The van der Waals surface area contributed by atoms with Gasteiger partial charge in [-0.25, -0.2) is 4.79 Å². The lowest BCUT2D eigenvalue weighted by atomic mass is 9.87. The Balaban J connectivity index is 5.18. The number of nitrogens with two attached hydrogens (primary N) is 1. The third-order valence-electron chi connectivity index (χ3n) is 3.90. The van der Waals surface area contributed by atoms with Crippen molar-refractivity contribution in [3.05, 3.63) is 0 Å². The van der Waals surface area contributed by atoms with Crippen LogP contribution in [0.3, 0.4) is 0 Å². The highest BCUT2D eigenvalue weighted by Gasteiger charge is 2.44. The van der Waals surface area contributed by atoms with Gasteiger partial charge in [0.15, 0.2) is 0 Å². The van der Waals surface area contributed by atoms with Gasteiger partial charge in [-0.1, -0.05) is 26.7 Å². The Bertz CT molecular complexity index is 371. The molecule has 0 radical (unpaired) electrons. The van der Waals surface area contributed by atoms with Crippen LogP contribution < -0.4 is 5.73 Å². The van der Waals surface area contributed by atoms with Crippen molar-refractivity contribution < 1.29 is 19.5 Å². The number of unbranched alkanes of at least 4 members (excludes halogenated alkanes) is 2. The molecule has 0 spiro atoms. The van der Waals surface area contributed by atoms with Crippen molar-refractivity contribution in [2.24, 2.45) is 5.73 Å². The van der Waals surface area contributed by atoms with E-state index in [2.05, 4.69) is 0 Å². The zero-order valence-corrected chi connectivity index (χ0v) is 13.4. The van der Waals surface area contributed by atoms with Gasteiger partial charge in [0.25, 0.3) is 0 Å². The van der Waals surface area contributed by atoms with Gasteiger partial charge in [-0.3, -0.25) is 9.59 Å². The Morgan fingerprint density at radius 2 is 1.71 bits per heavy atom. The zero-order valence-electron chi connectivity index (χ0n) is 13.4. The largest absolute Gasteiger partial charge is 0.479 e. The highest BCUT2D eigenvalue weighted by molar-refractivity contribution is 5.87. The summed E-state index contributed by atoms with van der Waals surface area (Å²) in [5.41, 5.74) is 3.79. The van der Waals surface area contributed by atoms with Crippen LogP contribution in [0.25, 0.3) is 0 Å². The van der Waals surface area contributed by atoms with Crippen LogP contribution in [0.2, 0.25) is 0 Å². The monoisotopic (exact) mass is 300 g/mol. The molecule has 6 heteroatoms. The molecule has 0 saturated heterocycles. The predicted molar refractivity (Wildman–Crippen MR) is 80.6 cm³/mol. The van der Waals surface area contributed by atoms with E-state index in [-0.39, 0.29) is 25.2 Å². The molecular weight excluding hydrogens is 272 g/mol. The molecule has 1 atom stereocenters. The van der Waals surface area contributed by atoms with Gasteiger partial charge in [-0.2, -0.15) is 0 Å². The SMILES string of the molecule is CCCCCC(=O)N(CC)[C@@](CC)(CCC(N)=O)C(=O)O. The molecule has 0 aliphatic carbocycles. The first kappa shape index (κ1) is 19.4. The number of rotatable bonds is 11. The lowest BCUT2D eigenvalue weighted by molar-refractivity contribution is -0.160. The number of hydrogen-bond acceptors (Lipinski definition) is 3. The molecule has 0 aromatic carbocycles. The van der Waals surface area contributed by atoms with Gasteiger partial charge in [0.05, 0.1) is 0 Å². The molecule has 0 heterocycles. The maximum Gasteiger partial charge on any atom is 0.329 e. The van der Waals surface area contributed by atoms with Crippen molar-refractivity contribution in [2.75, 3.05) is 6.54 Å². The number of amides is 2. The van der Waals surface area contributed by atoms with Gasteiger partial charge in [0.2, 0.25) is 11.8 Å². The highest BCUT2D eigenvalue weighted by atomic mass is 16.4. The normalized spacial score (nSPS) is 13.5. The van der Waals surface area contributed by atoms with Crippen LogP contribution >= 0.6 is 0 Å². The summed E-state index contributed by atoms with van der Waals surface area (Å²) in [6.45, 7) is 5.83. The molecule has 6 nitrogen and oxygen atoms in total. The quantitative estimate of drug-likeness (QED) is 0.569. The maximum absolute atomic E-state index is 12.4. The van der Waals surface area contributed by atoms with Crippen LogP contribution in [0.4, 0.5) is 0 Å².